The zero-order valence-electron chi connectivity index (χ0n) is 7.08. The molecule has 0 radical (unpaired) electrons. The molecule has 2 aromatic rings. The standard InChI is InChI=1S/C8H4F3NO2S/c9-8(10,11)14-7-12-5-3-4(13)1-2-6(5)15-7/h1-3,13H. The van der Waals surface area contributed by atoms with Crippen molar-refractivity contribution < 1.29 is 23.0 Å². The lowest BCUT2D eigenvalue weighted by Crippen LogP contribution is -2.16. The minimum Gasteiger partial charge on any atom is -0.508 e. The molecule has 0 aliphatic carbocycles. The van der Waals surface area contributed by atoms with Crippen molar-refractivity contribution in [3.63, 3.8) is 0 Å². The summed E-state index contributed by atoms with van der Waals surface area (Å²) < 4.78 is 39.7. The number of nitrogens with zero attached hydrogens (tertiary/aromatic N) is 1. The summed E-state index contributed by atoms with van der Waals surface area (Å²) in [5, 5.41) is 8.59. The zero-order chi connectivity index (χ0) is 11.1. The van der Waals surface area contributed by atoms with Crippen LogP contribution in [0.15, 0.2) is 18.2 Å². The van der Waals surface area contributed by atoms with E-state index < -0.39 is 11.6 Å². The Morgan fingerprint density at radius 3 is 2.73 bits per heavy atom. The van der Waals surface area contributed by atoms with Crippen molar-refractivity contribution in [3.8, 4) is 10.9 Å². The van der Waals surface area contributed by atoms with Crippen LogP contribution < -0.4 is 4.74 Å². The van der Waals surface area contributed by atoms with Gasteiger partial charge in [0.1, 0.15) is 5.75 Å². The highest BCUT2D eigenvalue weighted by atomic mass is 32.1. The molecular formula is C8H4F3NO2S. The molecule has 0 saturated heterocycles. The minimum atomic E-state index is -4.74. The SMILES string of the molecule is Oc1ccc2sc(OC(F)(F)F)nc2c1. The average molecular weight is 235 g/mol. The van der Waals surface area contributed by atoms with Crippen LogP contribution in [-0.2, 0) is 0 Å². The number of fused-ring (bicyclic) bond motifs is 1. The van der Waals surface area contributed by atoms with Crippen molar-refractivity contribution >= 4 is 21.6 Å². The number of aromatic hydroxyl groups is 1. The third kappa shape index (κ3) is 2.30. The Bertz CT molecular complexity index is 494. The van der Waals surface area contributed by atoms with Crippen molar-refractivity contribution in [2.45, 2.75) is 6.36 Å². The van der Waals surface area contributed by atoms with E-state index in [2.05, 4.69) is 9.72 Å². The first-order chi connectivity index (χ1) is 6.94. The van der Waals surface area contributed by atoms with Crippen LogP contribution in [-0.4, -0.2) is 16.5 Å². The lowest BCUT2D eigenvalue weighted by atomic mass is 10.3. The number of phenols is 1. The predicted molar refractivity (Wildman–Crippen MR) is 48.0 cm³/mol. The summed E-state index contributed by atoms with van der Waals surface area (Å²) in [7, 11) is 0. The van der Waals surface area contributed by atoms with Gasteiger partial charge >= 0.3 is 6.36 Å². The Hall–Kier alpha value is -1.50. The molecule has 2 rings (SSSR count). The molecule has 0 atom stereocenters. The number of thiazole rings is 1. The normalized spacial score (nSPS) is 11.9. The van der Waals surface area contributed by atoms with Gasteiger partial charge < -0.3 is 9.84 Å². The molecule has 1 aromatic carbocycles. The second-order valence-corrected chi connectivity index (χ2v) is 3.67. The largest absolute Gasteiger partial charge is 0.574 e. The van der Waals surface area contributed by atoms with E-state index in [4.69, 9.17) is 5.11 Å². The second-order valence-electron chi connectivity index (χ2n) is 2.68. The van der Waals surface area contributed by atoms with Crippen LogP contribution in [0.25, 0.3) is 10.2 Å². The monoisotopic (exact) mass is 235 g/mol. The third-order valence-electron chi connectivity index (χ3n) is 1.55. The number of alkyl halides is 3. The Morgan fingerprint density at radius 1 is 1.33 bits per heavy atom. The lowest BCUT2D eigenvalue weighted by Gasteiger charge is -2.03. The fourth-order valence-electron chi connectivity index (χ4n) is 1.04. The minimum absolute atomic E-state index is 0.0497. The van der Waals surface area contributed by atoms with Crippen LogP contribution in [0, 0.1) is 0 Å². The van der Waals surface area contributed by atoms with Gasteiger partial charge in [-0.2, -0.15) is 0 Å². The van der Waals surface area contributed by atoms with Gasteiger partial charge in [0.2, 0.25) is 0 Å². The Kier molecular flexibility index (Phi) is 2.18. The van der Waals surface area contributed by atoms with Gasteiger partial charge in [0, 0.05) is 6.07 Å². The molecule has 80 valence electrons. The Morgan fingerprint density at radius 2 is 2.07 bits per heavy atom. The number of aromatic nitrogens is 1. The van der Waals surface area contributed by atoms with Gasteiger partial charge in [-0.15, -0.1) is 13.2 Å². The quantitative estimate of drug-likeness (QED) is 0.826. The second kappa shape index (κ2) is 3.27. The third-order valence-corrected chi connectivity index (χ3v) is 2.47. The Balaban J connectivity index is 2.39. The van der Waals surface area contributed by atoms with Gasteiger partial charge in [0.15, 0.2) is 0 Å². The van der Waals surface area contributed by atoms with Crippen LogP contribution in [0.1, 0.15) is 0 Å². The van der Waals surface area contributed by atoms with E-state index in [-0.39, 0.29) is 11.3 Å². The summed E-state index contributed by atoms with van der Waals surface area (Å²) in [5.41, 5.74) is 0.277. The average Bonchev–Trinajstić information content (AvgIpc) is 2.42. The van der Waals surface area contributed by atoms with Gasteiger partial charge in [-0.25, -0.2) is 4.98 Å². The van der Waals surface area contributed by atoms with Gasteiger partial charge in [-0.1, -0.05) is 11.3 Å². The molecule has 3 nitrogen and oxygen atoms in total. The molecule has 0 amide bonds. The maximum absolute atomic E-state index is 11.8. The van der Waals surface area contributed by atoms with Crippen molar-refractivity contribution in [1.29, 1.82) is 0 Å². The van der Waals surface area contributed by atoms with E-state index in [1.807, 2.05) is 0 Å². The zero-order valence-corrected chi connectivity index (χ0v) is 7.89. The molecule has 1 aromatic heterocycles. The van der Waals surface area contributed by atoms with Gasteiger partial charge in [0.25, 0.3) is 5.19 Å². The molecule has 7 heteroatoms. The molecule has 0 bridgehead atoms. The predicted octanol–water partition coefficient (Wildman–Crippen LogP) is 2.90. The summed E-state index contributed by atoms with van der Waals surface area (Å²) in [6, 6.07) is 4.12. The van der Waals surface area contributed by atoms with Crippen LogP contribution in [0.2, 0.25) is 0 Å². The number of hydrogen-bond acceptors (Lipinski definition) is 4. The molecule has 0 unspecified atom stereocenters. The summed E-state index contributed by atoms with van der Waals surface area (Å²) in [4.78, 5) is 3.58. The molecule has 15 heavy (non-hydrogen) atoms. The smallest absolute Gasteiger partial charge is 0.508 e. The van der Waals surface area contributed by atoms with Crippen LogP contribution >= 0.6 is 11.3 Å². The number of halogens is 3. The van der Waals surface area contributed by atoms with E-state index in [1.54, 1.807) is 0 Å². The fraction of sp³-hybridized carbons (Fsp3) is 0.125. The van der Waals surface area contributed by atoms with Gasteiger partial charge in [-0.3, -0.25) is 0 Å². The summed E-state index contributed by atoms with van der Waals surface area (Å²) in [5.74, 6) is -0.0497. The van der Waals surface area contributed by atoms with Crippen LogP contribution in [0.5, 0.6) is 10.9 Å². The van der Waals surface area contributed by atoms with E-state index in [0.717, 1.165) is 11.3 Å². The molecule has 0 aliphatic heterocycles. The molecule has 0 saturated carbocycles. The molecule has 0 fully saturated rings. The number of hydrogen-bond donors (Lipinski definition) is 1. The van der Waals surface area contributed by atoms with Crippen molar-refractivity contribution in [3.05, 3.63) is 18.2 Å². The highest BCUT2D eigenvalue weighted by Crippen LogP contribution is 2.32. The maximum atomic E-state index is 11.8. The summed E-state index contributed by atoms with van der Waals surface area (Å²) in [6.45, 7) is 0. The van der Waals surface area contributed by atoms with Crippen molar-refractivity contribution in [2.24, 2.45) is 0 Å². The number of phenolic OH excluding ortho intramolecular Hbond substituents is 1. The van der Waals surface area contributed by atoms with Gasteiger partial charge in [0.05, 0.1) is 10.2 Å². The summed E-state index contributed by atoms with van der Waals surface area (Å²) >= 11 is 0.768. The van der Waals surface area contributed by atoms with E-state index in [1.165, 1.54) is 18.2 Å². The van der Waals surface area contributed by atoms with E-state index in [0.29, 0.717) is 4.70 Å². The first kappa shape index (κ1) is 10.0. The van der Waals surface area contributed by atoms with Crippen LogP contribution in [0.4, 0.5) is 13.2 Å². The van der Waals surface area contributed by atoms with E-state index in [9.17, 15) is 13.2 Å². The first-order valence-electron chi connectivity index (χ1n) is 3.79. The molecule has 1 heterocycles. The highest BCUT2D eigenvalue weighted by Gasteiger charge is 2.32. The fourth-order valence-corrected chi connectivity index (χ4v) is 1.85. The molecular weight excluding hydrogens is 231 g/mol. The highest BCUT2D eigenvalue weighted by molar-refractivity contribution is 7.20. The molecule has 0 aliphatic rings. The first-order valence-corrected chi connectivity index (χ1v) is 4.61. The van der Waals surface area contributed by atoms with Gasteiger partial charge in [-0.05, 0) is 12.1 Å². The van der Waals surface area contributed by atoms with Crippen molar-refractivity contribution in [2.75, 3.05) is 0 Å². The number of rotatable bonds is 1. The van der Waals surface area contributed by atoms with E-state index >= 15 is 0 Å². The number of ether oxygens (including phenoxy) is 1. The molecule has 1 N–H and O–H groups in total. The van der Waals surface area contributed by atoms with Crippen LogP contribution in [0.3, 0.4) is 0 Å². The maximum Gasteiger partial charge on any atom is 0.574 e. The van der Waals surface area contributed by atoms with Crippen molar-refractivity contribution in [1.82, 2.24) is 4.98 Å². The summed E-state index contributed by atoms with van der Waals surface area (Å²) in [6.07, 6.45) is -4.74. The topological polar surface area (TPSA) is 42.4 Å². The number of benzene rings is 1. The lowest BCUT2D eigenvalue weighted by molar-refractivity contribution is -0.274. The molecule has 0 spiro atoms. The Labute approximate surface area is 85.7 Å².